The van der Waals surface area contributed by atoms with E-state index in [1.54, 1.807) is 7.11 Å². The molecule has 100 valence electrons. The van der Waals surface area contributed by atoms with Crippen molar-refractivity contribution in [3.63, 3.8) is 0 Å². The van der Waals surface area contributed by atoms with Crippen LogP contribution in [0.3, 0.4) is 0 Å². The van der Waals surface area contributed by atoms with Crippen molar-refractivity contribution in [2.45, 2.75) is 45.8 Å². The van der Waals surface area contributed by atoms with Crippen LogP contribution in [0.2, 0.25) is 0 Å². The number of nitrogens with one attached hydrogen (secondary N) is 1. The van der Waals surface area contributed by atoms with Gasteiger partial charge < -0.3 is 15.0 Å². The van der Waals surface area contributed by atoms with Crippen molar-refractivity contribution >= 4 is 5.69 Å². The maximum atomic E-state index is 5.36. The quantitative estimate of drug-likeness (QED) is 0.890. The molecule has 2 atom stereocenters. The summed E-state index contributed by atoms with van der Waals surface area (Å²) in [4.78, 5) is 2.50. The number of ether oxygens (including phenoxy) is 1. The maximum Gasteiger partial charge on any atom is 0.120 e. The Balaban J connectivity index is 2.40. The summed E-state index contributed by atoms with van der Waals surface area (Å²) >= 11 is 0. The molecule has 0 radical (unpaired) electrons. The molecule has 3 heteroatoms. The number of anilines is 1. The summed E-state index contributed by atoms with van der Waals surface area (Å²) in [6, 6.07) is 7.46. The van der Waals surface area contributed by atoms with Gasteiger partial charge in [-0.3, -0.25) is 0 Å². The van der Waals surface area contributed by atoms with E-state index < -0.39 is 0 Å². The maximum absolute atomic E-state index is 5.36. The summed E-state index contributed by atoms with van der Waals surface area (Å²) in [5.74, 6) is 0.941. The largest absolute Gasteiger partial charge is 0.497 e. The molecule has 0 saturated carbocycles. The van der Waals surface area contributed by atoms with Gasteiger partial charge in [0.05, 0.1) is 7.11 Å². The molecule has 0 saturated heterocycles. The van der Waals surface area contributed by atoms with E-state index in [9.17, 15) is 0 Å². The van der Waals surface area contributed by atoms with Gasteiger partial charge in [0.25, 0.3) is 0 Å². The van der Waals surface area contributed by atoms with Crippen molar-refractivity contribution in [1.82, 2.24) is 5.32 Å². The minimum Gasteiger partial charge on any atom is -0.497 e. The molecule has 1 aliphatic heterocycles. The van der Waals surface area contributed by atoms with E-state index in [0.29, 0.717) is 12.1 Å². The van der Waals surface area contributed by atoms with Crippen LogP contribution in [0.25, 0.3) is 0 Å². The number of hydrogen-bond donors (Lipinski definition) is 1. The van der Waals surface area contributed by atoms with Gasteiger partial charge in [-0.15, -0.1) is 0 Å². The first-order valence-electron chi connectivity index (χ1n) is 6.82. The third-order valence-corrected chi connectivity index (χ3v) is 3.84. The molecule has 1 aromatic carbocycles. The number of rotatable bonds is 3. The zero-order valence-corrected chi connectivity index (χ0v) is 11.9. The van der Waals surface area contributed by atoms with Gasteiger partial charge in [0.2, 0.25) is 0 Å². The van der Waals surface area contributed by atoms with Crippen LogP contribution in [0.15, 0.2) is 18.2 Å². The lowest BCUT2D eigenvalue weighted by atomic mass is 10.1. The predicted octanol–water partition coefficient (Wildman–Crippen LogP) is 2.79. The van der Waals surface area contributed by atoms with Crippen molar-refractivity contribution in [2.75, 3.05) is 18.6 Å². The van der Waals surface area contributed by atoms with Gasteiger partial charge in [0.15, 0.2) is 0 Å². The fourth-order valence-corrected chi connectivity index (χ4v) is 2.47. The number of benzene rings is 1. The minimum atomic E-state index is 0.511. The SMILES string of the molecule is CCC(C)N1CC(C)NCc2ccc(OC)cc21. The predicted molar refractivity (Wildman–Crippen MR) is 76.4 cm³/mol. The van der Waals surface area contributed by atoms with Gasteiger partial charge in [0.1, 0.15) is 5.75 Å². The van der Waals surface area contributed by atoms with Gasteiger partial charge in [-0.2, -0.15) is 0 Å². The Morgan fingerprint density at radius 1 is 1.50 bits per heavy atom. The van der Waals surface area contributed by atoms with Gasteiger partial charge >= 0.3 is 0 Å². The number of nitrogens with zero attached hydrogens (tertiary/aromatic N) is 1. The fourth-order valence-electron chi connectivity index (χ4n) is 2.47. The Hall–Kier alpha value is -1.22. The highest BCUT2D eigenvalue weighted by molar-refractivity contribution is 5.58. The second-order valence-corrected chi connectivity index (χ2v) is 5.19. The number of methoxy groups -OCH3 is 1. The lowest BCUT2D eigenvalue weighted by Crippen LogP contribution is -2.40. The van der Waals surface area contributed by atoms with E-state index in [4.69, 9.17) is 4.74 Å². The van der Waals surface area contributed by atoms with E-state index in [0.717, 1.165) is 25.3 Å². The van der Waals surface area contributed by atoms with Gasteiger partial charge in [-0.1, -0.05) is 13.0 Å². The summed E-state index contributed by atoms with van der Waals surface area (Å²) in [6.07, 6.45) is 1.16. The first kappa shape index (κ1) is 13.2. The first-order valence-corrected chi connectivity index (χ1v) is 6.82. The van der Waals surface area contributed by atoms with Crippen molar-refractivity contribution in [1.29, 1.82) is 0 Å². The molecule has 2 unspecified atom stereocenters. The molecule has 0 spiro atoms. The van der Waals surface area contributed by atoms with Crippen LogP contribution in [0, 0.1) is 0 Å². The first-order chi connectivity index (χ1) is 8.65. The van der Waals surface area contributed by atoms with E-state index >= 15 is 0 Å². The molecule has 2 rings (SSSR count). The van der Waals surface area contributed by atoms with Crippen LogP contribution in [-0.2, 0) is 6.54 Å². The van der Waals surface area contributed by atoms with E-state index in [1.807, 2.05) is 6.07 Å². The van der Waals surface area contributed by atoms with Gasteiger partial charge in [-0.25, -0.2) is 0 Å². The second kappa shape index (κ2) is 5.61. The van der Waals surface area contributed by atoms with E-state index in [2.05, 4.69) is 43.1 Å². The average molecular weight is 248 g/mol. The molecule has 0 aromatic heterocycles. The van der Waals surface area contributed by atoms with Crippen LogP contribution in [0.5, 0.6) is 5.75 Å². The summed E-state index contributed by atoms with van der Waals surface area (Å²) < 4.78 is 5.36. The highest BCUT2D eigenvalue weighted by Crippen LogP contribution is 2.30. The van der Waals surface area contributed by atoms with Crippen LogP contribution in [0.1, 0.15) is 32.8 Å². The van der Waals surface area contributed by atoms with Crippen molar-refractivity contribution in [2.24, 2.45) is 0 Å². The monoisotopic (exact) mass is 248 g/mol. The van der Waals surface area contributed by atoms with Crippen LogP contribution in [-0.4, -0.2) is 25.7 Å². The average Bonchev–Trinajstić information content (AvgIpc) is 2.57. The highest BCUT2D eigenvalue weighted by atomic mass is 16.5. The Morgan fingerprint density at radius 3 is 2.94 bits per heavy atom. The zero-order valence-electron chi connectivity index (χ0n) is 11.9. The molecule has 1 aromatic rings. The highest BCUT2D eigenvalue weighted by Gasteiger charge is 2.22. The molecule has 0 aliphatic carbocycles. The third-order valence-electron chi connectivity index (χ3n) is 3.84. The lowest BCUT2D eigenvalue weighted by molar-refractivity contribution is 0.414. The molecule has 1 aliphatic rings. The molecular weight excluding hydrogens is 224 g/mol. The summed E-state index contributed by atoms with van der Waals surface area (Å²) in [7, 11) is 1.73. The molecule has 0 bridgehead atoms. The zero-order chi connectivity index (χ0) is 13.1. The van der Waals surface area contributed by atoms with Crippen molar-refractivity contribution in [3.05, 3.63) is 23.8 Å². The molecule has 0 fully saturated rings. The Bertz CT molecular complexity index is 405. The van der Waals surface area contributed by atoms with Crippen molar-refractivity contribution in [3.8, 4) is 5.75 Å². The smallest absolute Gasteiger partial charge is 0.120 e. The van der Waals surface area contributed by atoms with Crippen LogP contribution >= 0.6 is 0 Å². The number of hydrogen-bond acceptors (Lipinski definition) is 3. The Kier molecular flexibility index (Phi) is 4.12. The van der Waals surface area contributed by atoms with Crippen molar-refractivity contribution < 1.29 is 4.74 Å². The van der Waals surface area contributed by atoms with E-state index in [1.165, 1.54) is 11.3 Å². The minimum absolute atomic E-state index is 0.511. The summed E-state index contributed by atoms with van der Waals surface area (Å²) in [5, 5.41) is 3.56. The Labute approximate surface area is 110 Å². The lowest BCUT2D eigenvalue weighted by Gasteiger charge is -2.32. The van der Waals surface area contributed by atoms with Gasteiger partial charge in [0, 0.05) is 36.9 Å². The third kappa shape index (κ3) is 2.61. The molecular formula is C15H24N2O. The van der Waals surface area contributed by atoms with Gasteiger partial charge in [-0.05, 0) is 31.9 Å². The topological polar surface area (TPSA) is 24.5 Å². The summed E-state index contributed by atoms with van der Waals surface area (Å²) in [6.45, 7) is 8.77. The molecule has 0 amide bonds. The fraction of sp³-hybridized carbons (Fsp3) is 0.600. The molecule has 3 nitrogen and oxygen atoms in total. The molecule has 1 heterocycles. The summed E-state index contributed by atoms with van der Waals surface area (Å²) in [5.41, 5.74) is 2.68. The second-order valence-electron chi connectivity index (χ2n) is 5.19. The van der Waals surface area contributed by atoms with Crippen LogP contribution < -0.4 is 15.0 Å². The van der Waals surface area contributed by atoms with Crippen LogP contribution in [0.4, 0.5) is 5.69 Å². The van der Waals surface area contributed by atoms with E-state index in [-0.39, 0.29) is 0 Å². The Morgan fingerprint density at radius 2 is 2.28 bits per heavy atom. The molecule has 1 N–H and O–H groups in total. The number of fused-ring (bicyclic) bond motifs is 1. The standard InChI is InChI=1S/C15H24N2O/c1-5-12(3)17-10-11(2)16-9-13-6-7-14(18-4)8-15(13)17/h6-8,11-12,16H,5,9-10H2,1-4H3. The molecule has 18 heavy (non-hydrogen) atoms. The normalized spacial score (nSPS) is 21.1.